The van der Waals surface area contributed by atoms with Gasteiger partial charge in [-0.3, -0.25) is 19.7 Å². The third-order valence-electron chi connectivity index (χ3n) is 4.90. The van der Waals surface area contributed by atoms with Gasteiger partial charge in [0.25, 0.3) is 17.7 Å². The van der Waals surface area contributed by atoms with Crippen LogP contribution in [0.15, 0.2) is 71.6 Å². The number of primary amides is 1. The van der Waals surface area contributed by atoms with Crippen LogP contribution in [-0.2, 0) is 14.8 Å². The Morgan fingerprint density at radius 2 is 1.65 bits per heavy atom. The molecule has 34 heavy (non-hydrogen) atoms. The smallest absolute Gasteiger partial charge is 0.258 e. The number of hydrogen-bond acceptors (Lipinski definition) is 6. The summed E-state index contributed by atoms with van der Waals surface area (Å²) >= 11 is 0. The lowest BCUT2D eigenvalue weighted by molar-refractivity contribution is -0.115. The van der Waals surface area contributed by atoms with Crippen LogP contribution in [0.5, 0.6) is 0 Å². The summed E-state index contributed by atoms with van der Waals surface area (Å²) in [7, 11) is -4.48. The number of benzene rings is 3. The van der Waals surface area contributed by atoms with Gasteiger partial charge >= 0.3 is 0 Å². The number of carbonyl (C=O) groups excluding carboxylic acids is 3. The van der Waals surface area contributed by atoms with Crippen LogP contribution in [0.2, 0.25) is 0 Å². The number of primary sulfonamides is 1. The van der Waals surface area contributed by atoms with Crippen molar-refractivity contribution in [3.8, 4) is 11.1 Å². The second-order valence-electron chi connectivity index (χ2n) is 7.43. The Bertz CT molecular complexity index is 1430. The van der Waals surface area contributed by atoms with Crippen LogP contribution in [0.1, 0.15) is 31.8 Å². The molecule has 0 aliphatic rings. The standard InChI is InChI=1S/C24H22N4O5S/c1-14-6-5-9-17(12-14)24(31)28-19(29)11-10-16-13-18(15-7-3-2-4-8-15)21(25)20(23(26)30)22(16)34(27,32)33/h2-13H,25H2,1H3,(H2,26,30)(H2,27,32,33)(H,28,29,31). The van der Waals surface area contributed by atoms with Crippen molar-refractivity contribution in [2.45, 2.75) is 11.8 Å². The fourth-order valence-corrected chi connectivity index (χ4v) is 4.36. The van der Waals surface area contributed by atoms with Gasteiger partial charge in [0.2, 0.25) is 10.0 Å². The van der Waals surface area contributed by atoms with E-state index in [0.717, 1.165) is 17.7 Å². The van der Waals surface area contributed by atoms with Gasteiger partial charge in [-0.05, 0) is 42.3 Å². The van der Waals surface area contributed by atoms with Gasteiger partial charge in [0.15, 0.2) is 0 Å². The van der Waals surface area contributed by atoms with Crippen molar-refractivity contribution in [1.82, 2.24) is 5.32 Å². The first-order valence-electron chi connectivity index (χ1n) is 9.93. The highest BCUT2D eigenvalue weighted by Crippen LogP contribution is 2.35. The number of nitrogen functional groups attached to an aromatic ring is 1. The van der Waals surface area contributed by atoms with E-state index in [0.29, 0.717) is 11.1 Å². The summed E-state index contributed by atoms with van der Waals surface area (Å²) in [5.41, 5.74) is 12.8. The third-order valence-corrected chi connectivity index (χ3v) is 5.90. The fourth-order valence-electron chi connectivity index (χ4n) is 3.41. The molecule has 3 amide bonds. The first-order chi connectivity index (χ1) is 16.0. The maximum absolute atomic E-state index is 12.4. The van der Waals surface area contributed by atoms with Crippen molar-refractivity contribution in [1.29, 1.82) is 0 Å². The van der Waals surface area contributed by atoms with E-state index in [1.807, 2.05) is 0 Å². The van der Waals surface area contributed by atoms with Crippen molar-refractivity contribution in [2.24, 2.45) is 10.9 Å². The molecular formula is C24H22N4O5S. The minimum Gasteiger partial charge on any atom is -0.398 e. The van der Waals surface area contributed by atoms with E-state index in [9.17, 15) is 22.8 Å². The number of nitrogens with two attached hydrogens (primary N) is 3. The molecule has 9 nitrogen and oxygen atoms in total. The number of aryl methyl sites for hydroxylation is 1. The molecule has 10 heteroatoms. The lowest BCUT2D eigenvalue weighted by atomic mass is 9.96. The monoisotopic (exact) mass is 478 g/mol. The average molecular weight is 479 g/mol. The second kappa shape index (κ2) is 9.69. The number of sulfonamides is 1. The van der Waals surface area contributed by atoms with Gasteiger partial charge in [0.1, 0.15) is 4.90 Å². The molecule has 0 aliphatic carbocycles. The van der Waals surface area contributed by atoms with Gasteiger partial charge < -0.3 is 11.5 Å². The molecule has 3 aromatic carbocycles. The highest BCUT2D eigenvalue weighted by molar-refractivity contribution is 7.89. The van der Waals surface area contributed by atoms with Gasteiger partial charge in [-0.15, -0.1) is 0 Å². The molecule has 0 radical (unpaired) electrons. The summed E-state index contributed by atoms with van der Waals surface area (Å²) in [5.74, 6) is -2.55. The Morgan fingerprint density at radius 3 is 2.24 bits per heavy atom. The van der Waals surface area contributed by atoms with Crippen LogP contribution in [0.25, 0.3) is 17.2 Å². The van der Waals surface area contributed by atoms with E-state index in [4.69, 9.17) is 16.6 Å². The van der Waals surface area contributed by atoms with E-state index >= 15 is 0 Å². The molecule has 0 unspecified atom stereocenters. The van der Waals surface area contributed by atoms with Crippen LogP contribution in [0.3, 0.4) is 0 Å². The van der Waals surface area contributed by atoms with Crippen molar-refractivity contribution < 1.29 is 22.8 Å². The number of imide groups is 1. The molecule has 0 aliphatic heterocycles. The normalized spacial score (nSPS) is 11.4. The van der Waals surface area contributed by atoms with Crippen molar-refractivity contribution in [2.75, 3.05) is 5.73 Å². The van der Waals surface area contributed by atoms with E-state index < -0.39 is 38.2 Å². The van der Waals surface area contributed by atoms with E-state index in [1.165, 1.54) is 6.07 Å². The highest BCUT2D eigenvalue weighted by Gasteiger charge is 2.26. The lowest BCUT2D eigenvalue weighted by Crippen LogP contribution is -2.28. The van der Waals surface area contributed by atoms with Gasteiger partial charge in [-0.25, -0.2) is 13.6 Å². The molecule has 174 valence electrons. The molecule has 3 aromatic rings. The number of anilines is 1. The minimum atomic E-state index is -4.48. The summed E-state index contributed by atoms with van der Waals surface area (Å²) in [6, 6.07) is 16.6. The molecule has 0 aromatic heterocycles. The third kappa shape index (κ3) is 5.37. The van der Waals surface area contributed by atoms with E-state index in [1.54, 1.807) is 61.5 Å². The Labute approximate surface area is 196 Å². The van der Waals surface area contributed by atoms with E-state index in [2.05, 4.69) is 5.32 Å². The molecule has 3 rings (SSSR count). The summed E-state index contributed by atoms with van der Waals surface area (Å²) in [6.45, 7) is 1.80. The van der Waals surface area contributed by atoms with Crippen molar-refractivity contribution in [3.05, 3.63) is 89.0 Å². The maximum atomic E-state index is 12.4. The van der Waals surface area contributed by atoms with Crippen LogP contribution in [0, 0.1) is 6.92 Å². The van der Waals surface area contributed by atoms with Crippen LogP contribution >= 0.6 is 0 Å². The zero-order valence-corrected chi connectivity index (χ0v) is 18.9. The summed E-state index contributed by atoms with van der Waals surface area (Å²) in [5, 5.41) is 7.54. The fraction of sp³-hybridized carbons (Fsp3) is 0.0417. The SMILES string of the molecule is Cc1cccc(C(=O)NC(=O)C=Cc2cc(-c3ccccc3)c(N)c(C(N)=O)c2S(N)(=O)=O)c1. The molecule has 0 spiro atoms. The Hall–Kier alpha value is -4.28. The van der Waals surface area contributed by atoms with Gasteiger partial charge in [0, 0.05) is 17.2 Å². The average Bonchev–Trinajstić information content (AvgIpc) is 2.77. The van der Waals surface area contributed by atoms with Crippen LogP contribution in [0.4, 0.5) is 5.69 Å². The Morgan fingerprint density at radius 1 is 0.971 bits per heavy atom. The molecular weight excluding hydrogens is 456 g/mol. The predicted molar refractivity (Wildman–Crippen MR) is 129 cm³/mol. The largest absolute Gasteiger partial charge is 0.398 e. The van der Waals surface area contributed by atoms with Gasteiger partial charge in [-0.1, -0.05) is 48.0 Å². The van der Waals surface area contributed by atoms with Crippen LogP contribution < -0.4 is 21.9 Å². The molecule has 0 saturated heterocycles. The lowest BCUT2D eigenvalue weighted by Gasteiger charge is -2.16. The summed E-state index contributed by atoms with van der Waals surface area (Å²) in [4.78, 5) is 36.2. The quantitative estimate of drug-likeness (QED) is 0.311. The number of rotatable bonds is 6. The molecule has 0 saturated carbocycles. The number of hydrogen-bond donors (Lipinski definition) is 4. The second-order valence-corrected chi connectivity index (χ2v) is 8.93. The molecule has 0 fully saturated rings. The Balaban J connectivity index is 2.08. The summed E-state index contributed by atoms with van der Waals surface area (Å²) < 4.78 is 24.7. The molecule has 0 heterocycles. The van der Waals surface area contributed by atoms with E-state index in [-0.39, 0.29) is 16.8 Å². The predicted octanol–water partition coefficient (Wildman–Crippen LogP) is 1.96. The first-order valence-corrected chi connectivity index (χ1v) is 11.5. The van der Waals surface area contributed by atoms with Crippen molar-refractivity contribution in [3.63, 3.8) is 0 Å². The van der Waals surface area contributed by atoms with Gasteiger partial charge in [0.05, 0.1) is 11.3 Å². The summed E-state index contributed by atoms with van der Waals surface area (Å²) in [6.07, 6.45) is 2.07. The number of carbonyl (C=O) groups is 3. The zero-order chi connectivity index (χ0) is 25.0. The highest BCUT2D eigenvalue weighted by atomic mass is 32.2. The minimum absolute atomic E-state index is 0.0949. The molecule has 0 bridgehead atoms. The topological polar surface area (TPSA) is 175 Å². The zero-order valence-electron chi connectivity index (χ0n) is 18.1. The number of nitrogens with one attached hydrogen (secondary N) is 1. The molecule has 0 atom stereocenters. The first kappa shape index (κ1) is 24.4. The van der Waals surface area contributed by atoms with Crippen molar-refractivity contribution >= 4 is 39.5 Å². The molecule has 7 N–H and O–H groups in total. The van der Waals surface area contributed by atoms with Crippen LogP contribution in [-0.4, -0.2) is 26.1 Å². The van der Waals surface area contributed by atoms with Gasteiger partial charge in [-0.2, -0.15) is 0 Å². The number of amides is 3. The maximum Gasteiger partial charge on any atom is 0.258 e. The Kier molecular flexibility index (Phi) is 6.94.